The summed E-state index contributed by atoms with van der Waals surface area (Å²) in [6.45, 7) is 3.50. The molecule has 1 aliphatic rings. The van der Waals surface area contributed by atoms with Crippen LogP contribution in [0.4, 0.5) is 0 Å². The fourth-order valence-electron chi connectivity index (χ4n) is 0.956. The summed E-state index contributed by atoms with van der Waals surface area (Å²) in [7, 11) is 0. The van der Waals surface area contributed by atoms with E-state index in [4.69, 9.17) is 9.47 Å². The zero-order valence-electron chi connectivity index (χ0n) is 7.65. The number of carbonyl (C=O) groups excluding carboxylic acids is 2. The van der Waals surface area contributed by atoms with Crippen LogP contribution in [0.1, 0.15) is 20.3 Å². The van der Waals surface area contributed by atoms with Crippen LogP contribution in [-0.2, 0) is 19.1 Å². The van der Waals surface area contributed by atoms with Gasteiger partial charge in [-0.3, -0.25) is 4.79 Å². The van der Waals surface area contributed by atoms with Gasteiger partial charge in [0.05, 0.1) is 18.8 Å². The van der Waals surface area contributed by atoms with Gasteiger partial charge in [-0.15, -0.1) is 0 Å². The molecule has 0 saturated heterocycles. The molecular weight excluding hydrogens is 172 g/mol. The Morgan fingerprint density at radius 1 is 1.69 bits per heavy atom. The number of ketones is 1. The largest absolute Gasteiger partial charge is 0.486 e. The number of hydrogen-bond acceptors (Lipinski definition) is 4. The third kappa shape index (κ3) is 2.89. The van der Waals surface area contributed by atoms with Crippen LogP contribution in [0.2, 0.25) is 0 Å². The van der Waals surface area contributed by atoms with E-state index < -0.39 is 12.1 Å². The molecule has 0 aromatic carbocycles. The second-order valence-corrected chi connectivity index (χ2v) is 3.08. The van der Waals surface area contributed by atoms with E-state index in [1.807, 2.05) is 0 Å². The molecule has 0 fully saturated rings. The standard InChI is InChI=1S/C9H12O4/c1-6(2)13-9(11)8-5-7(10)3-4-12-8/h3-4,6,8H,5H2,1-2H3/t8-/m1/s1. The van der Waals surface area contributed by atoms with Crippen molar-refractivity contribution in [3.8, 4) is 0 Å². The molecule has 0 aromatic heterocycles. The van der Waals surface area contributed by atoms with Crippen molar-refractivity contribution in [2.24, 2.45) is 0 Å². The first-order chi connectivity index (χ1) is 6.09. The highest BCUT2D eigenvalue weighted by Crippen LogP contribution is 2.10. The summed E-state index contributed by atoms with van der Waals surface area (Å²) in [4.78, 5) is 22.1. The van der Waals surface area contributed by atoms with Crippen molar-refractivity contribution in [2.45, 2.75) is 32.5 Å². The smallest absolute Gasteiger partial charge is 0.348 e. The van der Waals surface area contributed by atoms with Gasteiger partial charge in [0, 0.05) is 6.08 Å². The average Bonchev–Trinajstić information content (AvgIpc) is 2.03. The van der Waals surface area contributed by atoms with E-state index in [1.165, 1.54) is 12.3 Å². The number of hydrogen-bond donors (Lipinski definition) is 0. The van der Waals surface area contributed by atoms with Crippen molar-refractivity contribution < 1.29 is 19.1 Å². The van der Waals surface area contributed by atoms with Crippen LogP contribution >= 0.6 is 0 Å². The minimum absolute atomic E-state index is 0.0715. The van der Waals surface area contributed by atoms with E-state index >= 15 is 0 Å². The molecule has 72 valence electrons. The number of ether oxygens (including phenoxy) is 2. The summed E-state index contributed by atoms with van der Waals surface area (Å²) < 4.78 is 9.82. The number of esters is 1. The highest BCUT2D eigenvalue weighted by Gasteiger charge is 2.26. The molecule has 1 heterocycles. The molecule has 0 aromatic rings. The first-order valence-electron chi connectivity index (χ1n) is 4.15. The predicted molar refractivity (Wildman–Crippen MR) is 44.9 cm³/mol. The maximum atomic E-state index is 11.2. The molecule has 4 heteroatoms. The Morgan fingerprint density at radius 2 is 2.38 bits per heavy atom. The summed E-state index contributed by atoms with van der Waals surface area (Å²) in [5.74, 6) is -0.593. The van der Waals surface area contributed by atoms with Crippen LogP contribution in [0.15, 0.2) is 12.3 Å². The van der Waals surface area contributed by atoms with Gasteiger partial charge in [-0.05, 0) is 13.8 Å². The third-order valence-electron chi connectivity index (χ3n) is 1.50. The molecule has 4 nitrogen and oxygen atoms in total. The minimum atomic E-state index is -0.764. The molecule has 0 bridgehead atoms. The molecule has 0 aliphatic carbocycles. The molecule has 0 spiro atoms. The van der Waals surface area contributed by atoms with Crippen molar-refractivity contribution in [2.75, 3.05) is 0 Å². The first kappa shape index (κ1) is 9.77. The minimum Gasteiger partial charge on any atom is -0.486 e. The first-order valence-corrected chi connectivity index (χ1v) is 4.15. The molecule has 13 heavy (non-hydrogen) atoms. The molecule has 0 N–H and O–H groups in total. The topological polar surface area (TPSA) is 52.6 Å². The number of allylic oxidation sites excluding steroid dienone is 1. The quantitative estimate of drug-likeness (QED) is 0.596. The lowest BCUT2D eigenvalue weighted by Gasteiger charge is -2.18. The second kappa shape index (κ2) is 4.07. The van der Waals surface area contributed by atoms with E-state index in [0.717, 1.165) is 0 Å². The number of rotatable bonds is 2. The van der Waals surface area contributed by atoms with E-state index in [-0.39, 0.29) is 18.3 Å². The Labute approximate surface area is 76.5 Å². The Bertz CT molecular complexity index is 242. The van der Waals surface area contributed by atoms with E-state index in [0.29, 0.717) is 0 Å². The fraction of sp³-hybridized carbons (Fsp3) is 0.556. The SMILES string of the molecule is CC(C)OC(=O)[C@H]1CC(=O)C=CO1. The van der Waals surface area contributed by atoms with Crippen molar-refractivity contribution in [1.29, 1.82) is 0 Å². The van der Waals surface area contributed by atoms with Crippen molar-refractivity contribution in [3.05, 3.63) is 12.3 Å². The Balaban J connectivity index is 2.48. The van der Waals surface area contributed by atoms with Gasteiger partial charge >= 0.3 is 5.97 Å². The van der Waals surface area contributed by atoms with Gasteiger partial charge in [-0.25, -0.2) is 4.79 Å². The van der Waals surface area contributed by atoms with Gasteiger partial charge in [0.25, 0.3) is 0 Å². The zero-order valence-corrected chi connectivity index (χ0v) is 7.65. The van der Waals surface area contributed by atoms with E-state index in [1.54, 1.807) is 13.8 Å². The third-order valence-corrected chi connectivity index (χ3v) is 1.50. The van der Waals surface area contributed by atoms with Gasteiger partial charge in [-0.2, -0.15) is 0 Å². The van der Waals surface area contributed by atoms with Crippen molar-refractivity contribution in [3.63, 3.8) is 0 Å². The van der Waals surface area contributed by atoms with E-state index in [2.05, 4.69) is 0 Å². The summed E-state index contributed by atoms with van der Waals surface area (Å²) in [5, 5.41) is 0. The van der Waals surface area contributed by atoms with Gasteiger partial charge in [0.1, 0.15) is 0 Å². The molecule has 0 radical (unpaired) electrons. The van der Waals surface area contributed by atoms with Gasteiger partial charge in [0.2, 0.25) is 6.10 Å². The maximum Gasteiger partial charge on any atom is 0.348 e. The highest BCUT2D eigenvalue weighted by molar-refractivity contribution is 5.94. The van der Waals surface area contributed by atoms with E-state index in [9.17, 15) is 9.59 Å². The molecule has 0 amide bonds. The lowest BCUT2D eigenvalue weighted by Crippen LogP contribution is -2.31. The van der Waals surface area contributed by atoms with Crippen LogP contribution in [-0.4, -0.2) is 24.0 Å². The zero-order chi connectivity index (χ0) is 9.84. The Hall–Kier alpha value is -1.32. The predicted octanol–water partition coefficient (Wildman–Crippen LogP) is 0.810. The Kier molecular flexibility index (Phi) is 3.06. The van der Waals surface area contributed by atoms with Crippen LogP contribution in [0.25, 0.3) is 0 Å². The second-order valence-electron chi connectivity index (χ2n) is 3.08. The molecular formula is C9H12O4. The van der Waals surface area contributed by atoms with Gasteiger partial charge < -0.3 is 9.47 Å². The molecule has 0 unspecified atom stereocenters. The van der Waals surface area contributed by atoms with Gasteiger partial charge in [0.15, 0.2) is 5.78 Å². The average molecular weight is 184 g/mol. The summed E-state index contributed by atoms with van der Waals surface area (Å²) in [6, 6.07) is 0. The summed E-state index contributed by atoms with van der Waals surface area (Å²) in [5.41, 5.74) is 0. The number of carbonyl (C=O) groups is 2. The lowest BCUT2D eigenvalue weighted by molar-refractivity contribution is -0.159. The molecule has 1 atom stereocenters. The van der Waals surface area contributed by atoms with Crippen LogP contribution in [0.5, 0.6) is 0 Å². The van der Waals surface area contributed by atoms with Crippen LogP contribution in [0, 0.1) is 0 Å². The normalized spacial score (nSPS) is 21.5. The van der Waals surface area contributed by atoms with Crippen molar-refractivity contribution in [1.82, 2.24) is 0 Å². The van der Waals surface area contributed by atoms with Crippen LogP contribution < -0.4 is 0 Å². The summed E-state index contributed by atoms with van der Waals surface area (Å²) in [6.07, 6.45) is 1.66. The van der Waals surface area contributed by atoms with Crippen LogP contribution in [0.3, 0.4) is 0 Å². The fourth-order valence-corrected chi connectivity index (χ4v) is 0.956. The molecule has 0 saturated carbocycles. The molecule has 1 rings (SSSR count). The highest BCUT2D eigenvalue weighted by atomic mass is 16.6. The lowest BCUT2D eigenvalue weighted by atomic mass is 10.1. The van der Waals surface area contributed by atoms with Crippen molar-refractivity contribution >= 4 is 11.8 Å². The monoisotopic (exact) mass is 184 g/mol. The molecule has 1 aliphatic heterocycles. The van der Waals surface area contributed by atoms with Gasteiger partial charge in [-0.1, -0.05) is 0 Å². The Morgan fingerprint density at radius 3 is 2.92 bits per heavy atom. The summed E-state index contributed by atoms with van der Waals surface area (Å²) >= 11 is 0. The maximum absolute atomic E-state index is 11.2.